The Bertz CT molecular complexity index is 1110. The van der Waals surface area contributed by atoms with Crippen LogP contribution in [0.25, 0.3) is 0 Å². The van der Waals surface area contributed by atoms with Crippen molar-refractivity contribution in [3.63, 3.8) is 0 Å². The zero-order valence-corrected chi connectivity index (χ0v) is 21.0. The number of hydrogen-bond donors (Lipinski definition) is 0. The predicted octanol–water partition coefficient (Wildman–Crippen LogP) is 4.41. The Kier molecular flexibility index (Phi) is 7.81. The highest BCUT2D eigenvalue weighted by molar-refractivity contribution is 7.89. The average molecular weight is 479 g/mol. The Morgan fingerprint density at radius 2 is 1.59 bits per heavy atom. The first-order chi connectivity index (χ1) is 15.1. The van der Waals surface area contributed by atoms with Crippen LogP contribution in [-0.2, 0) is 26.6 Å². The zero-order chi connectivity index (χ0) is 23.5. The summed E-state index contributed by atoms with van der Waals surface area (Å²) in [5, 5.41) is 0. The van der Waals surface area contributed by atoms with Crippen molar-refractivity contribution in [2.24, 2.45) is 5.92 Å². The fraction of sp³-hybridized carbons (Fsp3) is 0.500. The summed E-state index contributed by atoms with van der Waals surface area (Å²) in [6.45, 7) is 9.16. The van der Waals surface area contributed by atoms with Gasteiger partial charge in [0.15, 0.2) is 0 Å². The molecule has 2 aromatic carbocycles. The van der Waals surface area contributed by atoms with Crippen molar-refractivity contribution >= 4 is 20.0 Å². The standard InChI is InChI=1S/C24H34N2O4S2/c1-5-21(4)26(18-22-10-8-19(2)9-11-22)32(29,30)24-14-12-23(13-15-24)31(27,28)25-16-6-7-20(3)17-25/h8-15,20-21H,5-7,16-18H2,1-4H3/t20-,21+/m0/s1. The summed E-state index contributed by atoms with van der Waals surface area (Å²) in [4.78, 5) is 0.245. The van der Waals surface area contributed by atoms with Crippen molar-refractivity contribution < 1.29 is 16.8 Å². The lowest BCUT2D eigenvalue weighted by Gasteiger charge is -2.30. The van der Waals surface area contributed by atoms with Gasteiger partial charge in [-0.2, -0.15) is 8.61 Å². The number of rotatable bonds is 8. The van der Waals surface area contributed by atoms with Crippen LogP contribution in [0.2, 0.25) is 0 Å². The van der Waals surface area contributed by atoms with Gasteiger partial charge in [-0.25, -0.2) is 16.8 Å². The SMILES string of the molecule is CC[C@@H](C)N(Cc1ccc(C)cc1)S(=O)(=O)c1ccc(S(=O)(=O)N2CCC[C@H](C)C2)cc1. The van der Waals surface area contributed by atoms with Gasteiger partial charge in [-0.15, -0.1) is 0 Å². The summed E-state index contributed by atoms with van der Waals surface area (Å²) in [7, 11) is -7.42. The van der Waals surface area contributed by atoms with E-state index in [1.165, 1.54) is 32.9 Å². The van der Waals surface area contributed by atoms with Crippen molar-refractivity contribution in [3.8, 4) is 0 Å². The monoisotopic (exact) mass is 478 g/mol. The van der Waals surface area contributed by atoms with E-state index in [9.17, 15) is 16.8 Å². The average Bonchev–Trinajstić information content (AvgIpc) is 2.78. The van der Waals surface area contributed by atoms with Crippen LogP contribution in [0.3, 0.4) is 0 Å². The number of benzene rings is 2. The van der Waals surface area contributed by atoms with E-state index in [4.69, 9.17) is 0 Å². The minimum atomic E-state index is -3.79. The second kappa shape index (κ2) is 10.0. The molecule has 0 aromatic heterocycles. The number of sulfonamides is 2. The smallest absolute Gasteiger partial charge is 0.207 e. The van der Waals surface area contributed by atoms with Gasteiger partial charge in [0.2, 0.25) is 20.0 Å². The highest BCUT2D eigenvalue weighted by Gasteiger charge is 2.31. The van der Waals surface area contributed by atoms with Gasteiger partial charge in [0.1, 0.15) is 0 Å². The lowest BCUT2D eigenvalue weighted by molar-refractivity contribution is 0.281. The van der Waals surface area contributed by atoms with Gasteiger partial charge in [0, 0.05) is 25.7 Å². The van der Waals surface area contributed by atoms with Crippen LogP contribution < -0.4 is 0 Å². The van der Waals surface area contributed by atoms with Gasteiger partial charge < -0.3 is 0 Å². The van der Waals surface area contributed by atoms with Crippen LogP contribution in [0.5, 0.6) is 0 Å². The van der Waals surface area contributed by atoms with E-state index in [-0.39, 0.29) is 22.4 Å². The largest absolute Gasteiger partial charge is 0.243 e. The fourth-order valence-electron chi connectivity index (χ4n) is 3.99. The zero-order valence-electron chi connectivity index (χ0n) is 19.4. The van der Waals surface area contributed by atoms with E-state index in [0.29, 0.717) is 25.4 Å². The quantitative estimate of drug-likeness (QED) is 0.563. The maximum atomic E-state index is 13.5. The summed E-state index contributed by atoms with van der Waals surface area (Å²) < 4.78 is 56.0. The lowest BCUT2D eigenvalue weighted by atomic mass is 10.0. The van der Waals surface area contributed by atoms with Crippen molar-refractivity contribution in [1.82, 2.24) is 8.61 Å². The van der Waals surface area contributed by atoms with Crippen LogP contribution in [0, 0.1) is 12.8 Å². The molecule has 0 amide bonds. The molecule has 3 rings (SSSR count). The Balaban J connectivity index is 1.88. The van der Waals surface area contributed by atoms with Crippen LogP contribution in [-0.4, -0.2) is 44.6 Å². The maximum absolute atomic E-state index is 13.5. The van der Waals surface area contributed by atoms with E-state index in [0.717, 1.165) is 24.0 Å². The van der Waals surface area contributed by atoms with Crippen molar-refractivity contribution in [2.45, 2.75) is 69.3 Å². The maximum Gasteiger partial charge on any atom is 0.243 e. The molecule has 1 aliphatic heterocycles. The number of hydrogen-bond acceptors (Lipinski definition) is 4. The van der Waals surface area contributed by atoms with Gasteiger partial charge in [-0.05, 0) is 68.9 Å². The molecule has 0 N–H and O–H groups in total. The molecule has 1 heterocycles. The number of piperidine rings is 1. The molecule has 0 aliphatic carbocycles. The minimum Gasteiger partial charge on any atom is -0.207 e. The first kappa shape index (κ1) is 24.9. The van der Waals surface area contributed by atoms with Gasteiger partial charge in [-0.1, -0.05) is 43.7 Å². The fourth-order valence-corrected chi connectivity index (χ4v) is 7.28. The second-order valence-corrected chi connectivity index (χ2v) is 12.7. The molecular weight excluding hydrogens is 444 g/mol. The molecule has 1 aliphatic rings. The van der Waals surface area contributed by atoms with Crippen molar-refractivity contribution in [2.75, 3.05) is 13.1 Å². The Morgan fingerprint density at radius 1 is 1.00 bits per heavy atom. The molecule has 2 atom stereocenters. The van der Waals surface area contributed by atoms with Gasteiger partial charge in [-0.3, -0.25) is 0 Å². The lowest BCUT2D eigenvalue weighted by Crippen LogP contribution is -2.39. The van der Waals surface area contributed by atoms with Crippen molar-refractivity contribution in [1.29, 1.82) is 0 Å². The predicted molar refractivity (Wildman–Crippen MR) is 127 cm³/mol. The topological polar surface area (TPSA) is 74.8 Å². The third-order valence-corrected chi connectivity index (χ3v) is 10.1. The molecular formula is C24H34N2O4S2. The molecule has 1 fully saturated rings. The molecule has 0 bridgehead atoms. The second-order valence-electron chi connectivity index (χ2n) is 8.87. The Morgan fingerprint density at radius 3 is 2.16 bits per heavy atom. The van der Waals surface area contributed by atoms with Gasteiger partial charge in [0.25, 0.3) is 0 Å². The summed E-state index contributed by atoms with van der Waals surface area (Å²) in [5.41, 5.74) is 2.03. The molecule has 176 valence electrons. The number of aryl methyl sites for hydroxylation is 1. The van der Waals surface area contributed by atoms with E-state index < -0.39 is 20.0 Å². The van der Waals surface area contributed by atoms with E-state index >= 15 is 0 Å². The third kappa shape index (κ3) is 5.42. The molecule has 0 saturated carbocycles. The van der Waals surface area contributed by atoms with Crippen molar-refractivity contribution in [3.05, 3.63) is 59.7 Å². The molecule has 0 spiro atoms. The molecule has 1 saturated heterocycles. The van der Waals surface area contributed by atoms with Crippen LogP contribution in [0.15, 0.2) is 58.3 Å². The van der Waals surface area contributed by atoms with E-state index in [2.05, 4.69) is 6.92 Å². The van der Waals surface area contributed by atoms with Crippen LogP contribution >= 0.6 is 0 Å². The van der Waals surface area contributed by atoms with E-state index in [1.54, 1.807) is 0 Å². The minimum absolute atomic E-state index is 0.107. The normalized spacial score (nSPS) is 19.2. The van der Waals surface area contributed by atoms with Crippen LogP contribution in [0.1, 0.15) is 51.2 Å². The molecule has 6 nitrogen and oxygen atoms in total. The van der Waals surface area contributed by atoms with Crippen LogP contribution in [0.4, 0.5) is 0 Å². The summed E-state index contributed by atoms with van der Waals surface area (Å²) in [6, 6.07) is 13.3. The molecule has 0 radical (unpaired) electrons. The summed E-state index contributed by atoms with van der Waals surface area (Å²) in [5.74, 6) is 0.323. The van der Waals surface area contributed by atoms with Gasteiger partial charge >= 0.3 is 0 Å². The van der Waals surface area contributed by atoms with Gasteiger partial charge in [0.05, 0.1) is 9.79 Å². The highest BCUT2D eigenvalue weighted by Crippen LogP contribution is 2.27. The Hall–Kier alpha value is -1.74. The third-order valence-electron chi connectivity index (χ3n) is 6.23. The Labute approximate surface area is 193 Å². The molecule has 0 unspecified atom stereocenters. The molecule has 8 heteroatoms. The first-order valence-corrected chi connectivity index (χ1v) is 14.1. The van der Waals surface area contributed by atoms with E-state index in [1.807, 2.05) is 45.0 Å². The summed E-state index contributed by atoms with van der Waals surface area (Å²) in [6.07, 6.45) is 2.54. The summed E-state index contributed by atoms with van der Waals surface area (Å²) >= 11 is 0. The first-order valence-electron chi connectivity index (χ1n) is 11.2. The number of nitrogens with zero attached hydrogens (tertiary/aromatic N) is 2. The molecule has 2 aromatic rings. The highest BCUT2D eigenvalue weighted by atomic mass is 32.2. The molecule has 32 heavy (non-hydrogen) atoms.